The van der Waals surface area contributed by atoms with Crippen molar-refractivity contribution in [2.75, 3.05) is 85.2 Å². The Kier molecular flexibility index (Phi) is 10.1. The van der Waals surface area contributed by atoms with E-state index in [0.717, 1.165) is 80.2 Å². The van der Waals surface area contributed by atoms with Crippen LogP contribution in [0.3, 0.4) is 0 Å². The average molecular weight is 750 g/mol. The molecule has 0 spiro atoms. The van der Waals surface area contributed by atoms with Crippen LogP contribution in [-0.2, 0) is 20.0 Å². The summed E-state index contributed by atoms with van der Waals surface area (Å²) < 4.78 is 61.2. The number of aromatic nitrogens is 3. The fourth-order valence-corrected chi connectivity index (χ4v) is 8.90. The fourth-order valence-electron chi connectivity index (χ4n) is 6.45. The molecule has 0 atom stereocenters. The van der Waals surface area contributed by atoms with Gasteiger partial charge >= 0.3 is 0 Å². The number of nitrogens with zero attached hydrogens (tertiary/aromatic N) is 7. The van der Waals surface area contributed by atoms with Crippen molar-refractivity contribution in [1.29, 1.82) is 0 Å². The summed E-state index contributed by atoms with van der Waals surface area (Å²) in [6, 6.07) is 7.69. The topological polar surface area (TPSA) is 153 Å². The van der Waals surface area contributed by atoms with Gasteiger partial charge in [0, 0.05) is 57.1 Å². The van der Waals surface area contributed by atoms with Gasteiger partial charge in [0.1, 0.15) is 22.0 Å². The number of aryl methyl sites for hydroxylation is 1. The van der Waals surface area contributed by atoms with Gasteiger partial charge in [0.2, 0.25) is 26.0 Å². The number of piperidine rings is 1. The lowest BCUT2D eigenvalue weighted by atomic mass is 10.0. The van der Waals surface area contributed by atoms with Gasteiger partial charge < -0.3 is 19.9 Å². The van der Waals surface area contributed by atoms with E-state index in [1.165, 1.54) is 23.6 Å². The van der Waals surface area contributed by atoms with Gasteiger partial charge in [-0.3, -0.25) is 9.62 Å². The van der Waals surface area contributed by atoms with Crippen LogP contribution in [0.15, 0.2) is 36.0 Å². The standard InChI is InChI=1S/C31H40ClN9O5S3/c1-20-16-23(26(46-3)17-25(20)40-10-8-21(9-11-40)39-14-12-38(2)13-15-39)35-31-33-18-22(32)30(36-31)41(49(5,44)45)24-6-7-27-29(34-19-47-27)28(24)37-48(4,42)43/h6-7,16-19,21,37H,8-15H2,1-5H3,(H,33,35,36). The molecule has 18 heteroatoms. The average Bonchev–Trinajstić information content (AvgIpc) is 3.53. The van der Waals surface area contributed by atoms with Gasteiger partial charge in [0.25, 0.3) is 0 Å². The second kappa shape index (κ2) is 14.0. The van der Waals surface area contributed by atoms with E-state index < -0.39 is 20.0 Å². The lowest BCUT2D eigenvalue weighted by Crippen LogP contribution is -2.52. The number of fused-ring (bicyclic) bond motifs is 1. The zero-order valence-corrected chi connectivity index (χ0v) is 31.2. The summed E-state index contributed by atoms with van der Waals surface area (Å²) in [7, 11) is -4.19. The molecule has 2 saturated heterocycles. The van der Waals surface area contributed by atoms with E-state index in [0.29, 0.717) is 22.2 Å². The second-order valence-electron chi connectivity index (χ2n) is 12.4. The van der Waals surface area contributed by atoms with Gasteiger partial charge in [0.15, 0.2) is 5.82 Å². The van der Waals surface area contributed by atoms with Gasteiger partial charge in [0.05, 0.1) is 47.4 Å². The van der Waals surface area contributed by atoms with Crippen LogP contribution >= 0.6 is 22.9 Å². The highest BCUT2D eigenvalue weighted by molar-refractivity contribution is 7.92. The third kappa shape index (κ3) is 7.81. The van der Waals surface area contributed by atoms with Crippen LogP contribution in [0.1, 0.15) is 18.4 Å². The Morgan fingerprint density at radius 1 is 1.02 bits per heavy atom. The molecule has 0 bridgehead atoms. The normalized spacial score (nSPS) is 17.0. The number of likely N-dealkylation sites (N-methyl/N-ethyl adjacent to an activating group) is 1. The monoisotopic (exact) mass is 749 g/mol. The fraction of sp³-hybridized carbons (Fsp3) is 0.452. The summed E-state index contributed by atoms with van der Waals surface area (Å²) >= 11 is 7.83. The summed E-state index contributed by atoms with van der Waals surface area (Å²) in [4.78, 5) is 20.5. The summed E-state index contributed by atoms with van der Waals surface area (Å²) in [5.41, 5.74) is 4.49. The van der Waals surface area contributed by atoms with E-state index in [4.69, 9.17) is 16.3 Å². The number of sulfonamides is 2. The molecule has 49 heavy (non-hydrogen) atoms. The Morgan fingerprint density at radius 2 is 1.73 bits per heavy atom. The highest BCUT2D eigenvalue weighted by atomic mass is 35.5. The summed E-state index contributed by atoms with van der Waals surface area (Å²) in [5.74, 6) is 0.442. The first kappa shape index (κ1) is 35.3. The van der Waals surface area contributed by atoms with E-state index in [1.54, 1.807) is 18.7 Å². The minimum absolute atomic E-state index is 0.0173. The summed E-state index contributed by atoms with van der Waals surface area (Å²) in [5, 5.41) is 3.10. The molecule has 6 rings (SSSR count). The van der Waals surface area contributed by atoms with Crippen molar-refractivity contribution in [2.24, 2.45) is 0 Å². The molecular formula is C31H40ClN9O5S3. The molecule has 264 valence electrons. The molecular weight excluding hydrogens is 710 g/mol. The zero-order chi connectivity index (χ0) is 35.1. The molecule has 2 N–H and O–H groups in total. The lowest BCUT2D eigenvalue weighted by molar-refractivity contribution is 0.0982. The lowest BCUT2D eigenvalue weighted by Gasteiger charge is -2.43. The maximum Gasteiger partial charge on any atom is 0.237 e. The van der Waals surface area contributed by atoms with Crippen molar-refractivity contribution >= 4 is 87.7 Å². The van der Waals surface area contributed by atoms with Crippen LogP contribution in [0.5, 0.6) is 5.75 Å². The first-order valence-corrected chi connectivity index (χ1v) is 20.7. The zero-order valence-electron chi connectivity index (χ0n) is 28.0. The molecule has 2 aromatic carbocycles. The molecule has 0 saturated carbocycles. The number of ether oxygens (including phenoxy) is 1. The van der Waals surface area contributed by atoms with Crippen LogP contribution in [0, 0.1) is 6.92 Å². The Morgan fingerprint density at radius 3 is 2.39 bits per heavy atom. The number of benzene rings is 2. The molecule has 14 nitrogen and oxygen atoms in total. The third-order valence-corrected chi connectivity index (χ3v) is 11.5. The first-order valence-electron chi connectivity index (χ1n) is 15.7. The number of hydrogen-bond donors (Lipinski definition) is 2. The number of anilines is 6. The Bertz CT molecular complexity index is 2060. The number of halogens is 1. The molecule has 4 heterocycles. The van der Waals surface area contributed by atoms with Gasteiger partial charge in [-0.15, -0.1) is 11.3 Å². The molecule has 2 aromatic heterocycles. The van der Waals surface area contributed by atoms with Crippen molar-refractivity contribution in [3.8, 4) is 5.75 Å². The van der Waals surface area contributed by atoms with Gasteiger partial charge in [-0.2, -0.15) is 4.98 Å². The number of nitrogens with one attached hydrogen (secondary N) is 2. The predicted octanol–water partition coefficient (Wildman–Crippen LogP) is 4.49. The van der Waals surface area contributed by atoms with Crippen molar-refractivity contribution in [3.63, 3.8) is 0 Å². The maximum absolute atomic E-state index is 13.4. The van der Waals surface area contributed by atoms with Crippen molar-refractivity contribution in [3.05, 3.63) is 46.6 Å². The SMILES string of the molecule is COc1cc(N2CCC(N3CCN(C)CC3)CC2)c(C)cc1Nc1ncc(Cl)c(N(c2ccc3scnc3c2NS(C)(=O)=O)S(C)(=O)=O)n1. The van der Waals surface area contributed by atoms with E-state index in [1.807, 2.05) is 19.1 Å². The summed E-state index contributed by atoms with van der Waals surface area (Å²) in [6.45, 7) is 8.38. The molecule has 0 radical (unpaired) electrons. The van der Waals surface area contributed by atoms with Crippen molar-refractivity contribution in [2.45, 2.75) is 25.8 Å². The third-order valence-electron chi connectivity index (χ3n) is 8.86. The minimum atomic E-state index is -4.13. The van der Waals surface area contributed by atoms with Crippen molar-refractivity contribution in [1.82, 2.24) is 24.8 Å². The smallest absolute Gasteiger partial charge is 0.237 e. The molecule has 4 aromatic rings. The Balaban J connectivity index is 1.29. The predicted molar refractivity (Wildman–Crippen MR) is 197 cm³/mol. The van der Waals surface area contributed by atoms with Gasteiger partial charge in [-0.1, -0.05) is 11.6 Å². The van der Waals surface area contributed by atoms with E-state index in [-0.39, 0.29) is 33.7 Å². The highest BCUT2D eigenvalue weighted by Crippen LogP contribution is 2.42. The molecule has 2 fully saturated rings. The molecule has 2 aliphatic rings. The van der Waals surface area contributed by atoms with Crippen LogP contribution in [0.25, 0.3) is 10.2 Å². The van der Waals surface area contributed by atoms with Gasteiger partial charge in [-0.05, 0) is 50.6 Å². The highest BCUT2D eigenvalue weighted by Gasteiger charge is 2.31. The van der Waals surface area contributed by atoms with Gasteiger partial charge in [-0.25, -0.2) is 31.1 Å². The Labute approximate surface area is 296 Å². The van der Waals surface area contributed by atoms with Crippen LogP contribution < -0.4 is 24.0 Å². The van der Waals surface area contributed by atoms with Crippen LogP contribution in [0.2, 0.25) is 5.02 Å². The number of thiazole rings is 1. The second-order valence-corrected chi connectivity index (χ2v) is 17.3. The quantitative estimate of drug-likeness (QED) is 0.235. The van der Waals surface area contributed by atoms with Crippen LogP contribution in [-0.4, -0.2) is 114 Å². The number of hydrogen-bond acceptors (Lipinski definition) is 13. The molecule has 2 aliphatic heterocycles. The van der Waals surface area contributed by atoms with E-state index in [9.17, 15) is 16.8 Å². The number of methoxy groups -OCH3 is 1. The first-order chi connectivity index (χ1) is 23.2. The molecule has 0 aliphatic carbocycles. The number of piperazine rings is 1. The largest absolute Gasteiger partial charge is 0.494 e. The minimum Gasteiger partial charge on any atom is -0.494 e. The van der Waals surface area contributed by atoms with E-state index in [2.05, 4.69) is 46.7 Å². The molecule has 0 unspecified atom stereocenters. The number of rotatable bonds is 10. The van der Waals surface area contributed by atoms with E-state index >= 15 is 0 Å². The molecule has 0 amide bonds. The van der Waals surface area contributed by atoms with Crippen molar-refractivity contribution < 1.29 is 21.6 Å². The summed E-state index contributed by atoms with van der Waals surface area (Å²) in [6.07, 6.45) is 5.44. The van der Waals surface area contributed by atoms with Crippen LogP contribution in [0.4, 0.5) is 34.5 Å². The Hall–Kier alpha value is -3.48. The maximum atomic E-state index is 13.4.